The lowest BCUT2D eigenvalue weighted by Crippen LogP contribution is -2.21. The monoisotopic (exact) mass is 741 g/mol. The van der Waals surface area contributed by atoms with Gasteiger partial charge in [-0.1, -0.05) is 26.0 Å². The first kappa shape index (κ1) is 34.2. The number of hydrogen-bond donors (Lipinski definition) is 0. The van der Waals surface area contributed by atoms with Crippen molar-refractivity contribution in [1.82, 2.24) is 9.66 Å². The summed E-state index contributed by atoms with van der Waals surface area (Å²) in [5, 5.41) is 5.12. The zero-order valence-electron chi connectivity index (χ0n) is 26.4. The normalized spacial score (nSPS) is 11.5. The Morgan fingerprint density at radius 3 is 2.33 bits per heavy atom. The summed E-state index contributed by atoms with van der Waals surface area (Å²) in [6.45, 7) is 14.1. The quantitative estimate of drug-likeness (QED) is 0.107. The molecule has 0 unspecified atom stereocenters. The number of nitrogens with zero attached hydrogens (tertiary/aromatic N) is 3. The molecule has 0 bridgehead atoms. The highest BCUT2D eigenvalue weighted by Crippen LogP contribution is 2.42. The Bertz CT molecular complexity index is 1800. The van der Waals surface area contributed by atoms with E-state index in [9.17, 15) is 9.59 Å². The van der Waals surface area contributed by atoms with Crippen LogP contribution in [0.2, 0.25) is 0 Å². The molecule has 0 atom stereocenters. The second kappa shape index (κ2) is 15.1. The number of aryl methyl sites for hydroxylation is 1. The first-order valence-corrected chi connectivity index (χ1v) is 16.4. The van der Waals surface area contributed by atoms with Crippen molar-refractivity contribution in [2.45, 2.75) is 60.5 Å². The van der Waals surface area contributed by atoms with Gasteiger partial charge < -0.3 is 18.9 Å². The van der Waals surface area contributed by atoms with Crippen LogP contribution in [0.5, 0.6) is 17.2 Å². The third-order valence-electron chi connectivity index (χ3n) is 6.74. The minimum absolute atomic E-state index is 0.174. The van der Waals surface area contributed by atoms with Crippen molar-refractivity contribution in [3.63, 3.8) is 0 Å². The average molecular weight is 743 g/mol. The number of ether oxygens (including phenoxy) is 4. The Morgan fingerprint density at radius 2 is 1.67 bits per heavy atom. The van der Waals surface area contributed by atoms with Gasteiger partial charge in [0.05, 0.1) is 40.9 Å². The van der Waals surface area contributed by atoms with Crippen molar-refractivity contribution in [1.29, 1.82) is 0 Å². The summed E-state index contributed by atoms with van der Waals surface area (Å²) >= 11 is 7.18. The number of rotatable bonds is 12. The number of hydrogen-bond acceptors (Lipinski definition) is 8. The van der Waals surface area contributed by atoms with Gasteiger partial charge >= 0.3 is 5.97 Å². The first-order valence-electron chi connectivity index (χ1n) is 14.8. The lowest BCUT2D eigenvalue weighted by molar-refractivity contribution is -0.149. The summed E-state index contributed by atoms with van der Waals surface area (Å²) in [5.41, 5.74) is 3.54. The third-order valence-corrected chi connectivity index (χ3v) is 8.89. The summed E-state index contributed by atoms with van der Waals surface area (Å²) in [7, 11) is 0. The summed E-state index contributed by atoms with van der Waals surface area (Å²) in [6, 6.07) is 13.0. The van der Waals surface area contributed by atoms with Crippen LogP contribution < -0.4 is 19.8 Å². The standard InChI is InChI=1S/C34H37Br2N3O6/c1-8-42-27-14-21(7)25(16-24(27)19(3)4)33-38-26-13-11-10-12-23(26)34(41)39(33)37-17-22-15-28(43-9-2)32(31(36)30(22)35)44-18-29(40)45-20(5)6/h10-17,19-20H,8-9,18H2,1-7H3. The van der Waals surface area contributed by atoms with Crippen molar-refractivity contribution in [3.8, 4) is 28.6 Å². The molecule has 0 N–H and O–H groups in total. The van der Waals surface area contributed by atoms with Crippen LogP contribution in [0.15, 0.2) is 61.3 Å². The fourth-order valence-electron chi connectivity index (χ4n) is 4.72. The Kier molecular flexibility index (Phi) is 11.4. The largest absolute Gasteiger partial charge is 0.494 e. The number of halogens is 2. The molecule has 1 aromatic heterocycles. The highest BCUT2D eigenvalue weighted by atomic mass is 79.9. The van der Waals surface area contributed by atoms with E-state index in [1.165, 1.54) is 4.68 Å². The van der Waals surface area contributed by atoms with Crippen molar-refractivity contribution in [2.24, 2.45) is 5.10 Å². The van der Waals surface area contributed by atoms with Crippen LogP contribution in [0.1, 0.15) is 64.2 Å². The van der Waals surface area contributed by atoms with Crippen molar-refractivity contribution in [2.75, 3.05) is 19.8 Å². The zero-order chi connectivity index (χ0) is 32.8. The second-order valence-corrected chi connectivity index (χ2v) is 12.4. The Labute approximate surface area is 279 Å². The maximum atomic E-state index is 13.9. The lowest BCUT2D eigenvalue weighted by atomic mass is 9.96. The minimum Gasteiger partial charge on any atom is -0.494 e. The SMILES string of the molecule is CCOc1cc(C)c(-c2nc3ccccc3c(=O)n2N=Cc2cc(OCC)c(OCC(=O)OC(C)C)c(Br)c2Br)cc1C(C)C. The van der Waals surface area contributed by atoms with Crippen LogP contribution in [0.25, 0.3) is 22.3 Å². The van der Waals surface area contributed by atoms with E-state index in [4.69, 9.17) is 23.9 Å². The van der Waals surface area contributed by atoms with Crippen LogP contribution in [-0.2, 0) is 9.53 Å². The van der Waals surface area contributed by atoms with Gasteiger partial charge in [-0.15, -0.1) is 0 Å². The molecule has 3 aromatic carbocycles. The van der Waals surface area contributed by atoms with Crippen LogP contribution in [0.4, 0.5) is 0 Å². The van der Waals surface area contributed by atoms with Gasteiger partial charge in [0.1, 0.15) is 5.75 Å². The maximum Gasteiger partial charge on any atom is 0.344 e. The van der Waals surface area contributed by atoms with Crippen molar-refractivity contribution < 1.29 is 23.7 Å². The van der Waals surface area contributed by atoms with Crippen molar-refractivity contribution in [3.05, 3.63) is 78.5 Å². The van der Waals surface area contributed by atoms with Crippen molar-refractivity contribution >= 4 is 54.9 Å². The molecule has 0 aliphatic rings. The van der Waals surface area contributed by atoms with Gasteiger partial charge in [-0.25, -0.2) is 9.78 Å². The van der Waals surface area contributed by atoms with E-state index >= 15 is 0 Å². The average Bonchev–Trinajstić information content (AvgIpc) is 2.98. The number of fused-ring (bicyclic) bond motifs is 1. The molecule has 45 heavy (non-hydrogen) atoms. The van der Waals surface area contributed by atoms with E-state index in [1.54, 1.807) is 38.3 Å². The number of carbonyl (C=O) groups excluding carboxylic acids is 1. The Hall–Kier alpha value is -3.70. The van der Waals surface area contributed by atoms with Crippen LogP contribution in [0.3, 0.4) is 0 Å². The molecule has 4 aromatic rings. The summed E-state index contributed by atoms with van der Waals surface area (Å²) in [4.78, 5) is 31.0. The van der Waals surface area contributed by atoms with Gasteiger partial charge in [-0.2, -0.15) is 9.78 Å². The van der Waals surface area contributed by atoms with Crippen LogP contribution >= 0.6 is 31.9 Å². The Balaban J connectivity index is 1.87. The second-order valence-electron chi connectivity index (χ2n) is 10.8. The molecule has 0 aliphatic carbocycles. The van der Waals surface area contributed by atoms with E-state index in [0.717, 1.165) is 22.4 Å². The molecule has 0 spiro atoms. The summed E-state index contributed by atoms with van der Waals surface area (Å²) in [6.07, 6.45) is 1.30. The molecule has 0 aliphatic heterocycles. The van der Waals surface area contributed by atoms with E-state index in [0.29, 0.717) is 55.9 Å². The number of benzene rings is 3. The van der Waals surface area contributed by atoms with Gasteiger partial charge in [-0.3, -0.25) is 4.79 Å². The first-order chi connectivity index (χ1) is 21.5. The van der Waals surface area contributed by atoms with Gasteiger partial charge in [0.25, 0.3) is 5.56 Å². The number of aromatic nitrogens is 2. The molecular weight excluding hydrogens is 706 g/mol. The predicted octanol–water partition coefficient (Wildman–Crippen LogP) is 8.03. The lowest BCUT2D eigenvalue weighted by Gasteiger charge is -2.18. The van der Waals surface area contributed by atoms with E-state index < -0.39 is 5.97 Å². The molecule has 0 radical (unpaired) electrons. The number of esters is 1. The predicted molar refractivity (Wildman–Crippen MR) is 184 cm³/mol. The van der Waals surface area contributed by atoms with Gasteiger partial charge in [0, 0.05) is 15.6 Å². The van der Waals surface area contributed by atoms with Gasteiger partial charge in [0.15, 0.2) is 23.9 Å². The molecule has 11 heteroatoms. The molecule has 0 fully saturated rings. The van der Waals surface area contributed by atoms with E-state index in [1.807, 2.05) is 45.0 Å². The fraction of sp³-hybridized carbons (Fsp3) is 0.353. The molecule has 9 nitrogen and oxygen atoms in total. The molecule has 238 valence electrons. The number of para-hydroxylation sites is 1. The molecule has 1 heterocycles. The highest BCUT2D eigenvalue weighted by Gasteiger charge is 2.21. The fourth-order valence-corrected chi connectivity index (χ4v) is 5.66. The smallest absolute Gasteiger partial charge is 0.344 e. The summed E-state index contributed by atoms with van der Waals surface area (Å²) < 4.78 is 25.2. The summed E-state index contributed by atoms with van der Waals surface area (Å²) in [5.74, 6) is 1.61. The van der Waals surface area contributed by atoms with Gasteiger partial charge in [0.2, 0.25) is 0 Å². The highest BCUT2D eigenvalue weighted by molar-refractivity contribution is 9.13. The molecule has 0 saturated heterocycles. The van der Waals surface area contributed by atoms with Crippen LogP contribution in [0, 0.1) is 6.92 Å². The van der Waals surface area contributed by atoms with E-state index in [2.05, 4.69) is 50.8 Å². The molecule has 0 amide bonds. The van der Waals surface area contributed by atoms with Gasteiger partial charge in [-0.05, 0) is 114 Å². The van der Waals surface area contributed by atoms with E-state index in [-0.39, 0.29) is 24.2 Å². The topological polar surface area (TPSA) is 101 Å². The van der Waals surface area contributed by atoms with Crippen LogP contribution in [-0.4, -0.2) is 47.8 Å². The minimum atomic E-state index is -0.498. The maximum absolute atomic E-state index is 13.9. The Morgan fingerprint density at radius 1 is 0.978 bits per heavy atom. The third kappa shape index (κ3) is 7.76. The molecule has 4 rings (SSSR count). The zero-order valence-corrected chi connectivity index (χ0v) is 29.6. The molecule has 0 saturated carbocycles. The number of carbonyl (C=O) groups is 1. The molecular formula is C34H37Br2N3O6.